The van der Waals surface area contributed by atoms with Crippen LogP contribution < -0.4 is 61.6 Å². The second-order valence-corrected chi connectivity index (χ2v) is 3.09. The zero-order valence-electron chi connectivity index (χ0n) is 7.60. The summed E-state index contributed by atoms with van der Waals surface area (Å²) in [6, 6.07) is 0.909. The number of halogens is 4. The Balaban J connectivity index is 0.00000169. The summed E-state index contributed by atoms with van der Waals surface area (Å²) in [4.78, 5) is 3.61. The first-order chi connectivity index (χ1) is 5.96. The van der Waals surface area contributed by atoms with E-state index >= 15 is 0 Å². The maximum absolute atomic E-state index is 12.3. The molecule has 0 saturated heterocycles. The summed E-state index contributed by atoms with van der Waals surface area (Å²) < 4.78 is 41.4. The molecule has 1 heterocycles. The van der Waals surface area contributed by atoms with Gasteiger partial charge in [-0.15, -0.1) is 0 Å². The molecule has 72 valence electrons. The molecule has 0 aliphatic heterocycles. The van der Waals surface area contributed by atoms with Crippen LogP contribution in [0.15, 0.2) is 16.7 Å². The molecular formula is C6H5BBrF3KNO. The third-order valence-corrected chi connectivity index (χ3v) is 2.23. The van der Waals surface area contributed by atoms with Gasteiger partial charge in [0.25, 0.3) is 0 Å². The van der Waals surface area contributed by atoms with Gasteiger partial charge in [0.1, 0.15) is 0 Å². The van der Waals surface area contributed by atoms with Crippen molar-refractivity contribution in [2.24, 2.45) is 0 Å². The summed E-state index contributed by atoms with van der Waals surface area (Å²) in [5, 5.41) is 0. The maximum atomic E-state index is 12.3. The number of pyridine rings is 1. The first-order valence-corrected chi connectivity index (χ1v) is 4.14. The van der Waals surface area contributed by atoms with E-state index < -0.39 is 12.4 Å². The SMILES string of the molecule is COc1nccc([B-](F)(F)F)c1Br.[K+]. The van der Waals surface area contributed by atoms with Crippen LogP contribution in [0.4, 0.5) is 12.9 Å². The Labute approximate surface area is 130 Å². The van der Waals surface area contributed by atoms with Gasteiger partial charge >= 0.3 is 58.4 Å². The number of nitrogens with zero attached hydrogens (tertiary/aromatic N) is 1. The summed E-state index contributed by atoms with van der Waals surface area (Å²) in [6.07, 6.45) is 1.06. The van der Waals surface area contributed by atoms with E-state index in [2.05, 4.69) is 25.7 Å². The van der Waals surface area contributed by atoms with Gasteiger partial charge in [0.05, 0.1) is 11.6 Å². The second kappa shape index (κ2) is 5.86. The minimum Gasteiger partial charge on any atom is -0.480 e. The fraction of sp³-hybridized carbons (Fsp3) is 0.167. The van der Waals surface area contributed by atoms with Crippen molar-refractivity contribution < 1.29 is 69.1 Å². The van der Waals surface area contributed by atoms with Gasteiger partial charge in [-0.3, -0.25) is 0 Å². The molecule has 0 bridgehead atoms. The Morgan fingerprint density at radius 1 is 1.43 bits per heavy atom. The molecule has 14 heavy (non-hydrogen) atoms. The Kier molecular flexibility index (Phi) is 6.24. The van der Waals surface area contributed by atoms with Crippen LogP contribution in [0.5, 0.6) is 5.88 Å². The van der Waals surface area contributed by atoms with Crippen LogP contribution in [0, 0.1) is 0 Å². The molecular weight excluding hydrogens is 289 g/mol. The van der Waals surface area contributed by atoms with Crippen LogP contribution in [-0.4, -0.2) is 19.1 Å². The molecule has 0 radical (unpaired) electrons. The van der Waals surface area contributed by atoms with Crippen LogP contribution in [-0.2, 0) is 0 Å². The minimum absolute atomic E-state index is 0. The first kappa shape index (κ1) is 14.9. The molecule has 0 N–H and O–H groups in total. The van der Waals surface area contributed by atoms with Crippen molar-refractivity contribution in [1.82, 2.24) is 4.98 Å². The van der Waals surface area contributed by atoms with Crippen LogP contribution >= 0.6 is 15.9 Å². The molecule has 0 saturated carbocycles. The number of rotatable bonds is 2. The summed E-state index contributed by atoms with van der Waals surface area (Å²) >= 11 is 2.79. The molecule has 0 atom stereocenters. The Bertz CT molecular complexity index is 322. The van der Waals surface area contributed by atoms with E-state index in [1.165, 1.54) is 7.11 Å². The van der Waals surface area contributed by atoms with Gasteiger partial charge in [-0.25, -0.2) is 4.98 Å². The first-order valence-electron chi connectivity index (χ1n) is 3.35. The molecule has 1 rings (SSSR count). The van der Waals surface area contributed by atoms with E-state index in [-0.39, 0.29) is 61.7 Å². The van der Waals surface area contributed by atoms with Crippen molar-refractivity contribution in [2.75, 3.05) is 7.11 Å². The molecule has 1 aromatic heterocycles. The number of hydrogen-bond acceptors (Lipinski definition) is 2. The van der Waals surface area contributed by atoms with Crippen molar-refractivity contribution >= 4 is 28.4 Å². The quantitative estimate of drug-likeness (QED) is 0.647. The minimum atomic E-state index is -5.02. The molecule has 0 aromatic carbocycles. The van der Waals surface area contributed by atoms with E-state index in [9.17, 15) is 12.9 Å². The van der Waals surface area contributed by atoms with Crippen molar-refractivity contribution in [3.63, 3.8) is 0 Å². The Hall–Kier alpha value is 0.921. The standard InChI is InChI=1S/C6H5BBrF3NO.K/c1-13-6-5(8)4(2-3-12-6)7(9,10)11;/h2-3H,1H3;/q-1;+1. The molecule has 0 aliphatic carbocycles. The zero-order chi connectivity index (χ0) is 10.1. The van der Waals surface area contributed by atoms with Crippen molar-refractivity contribution in [3.8, 4) is 5.88 Å². The molecule has 0 aliphatic rings. The normalized spacial score (nSPS) is 10.6. The largest absolute Gasteiger partial charge is 1.00 e. The summed E-state index contributed by atoms with van der Waals surface area (Å²) in [6.45, 7) is -5.02. The molecule has 8 heteroatoms. The number of methoxy groups -OCH3 is 1. The van der Waals surface area contributed by atoms with E-state index in [0.717, 1.165) is 12.3 Å². The van der Waals surface area contributed by atoms with Crippen molar-refractivity contribution in [1.29, 1.82) is 0 Å². The predicted octanol–water partition coefficient (Wildman–Crippen LogP) is -1.09. The summed E-state index contributed by atoms with van der Waals surface area (Å²) in [7, 11) is 1.26. The van der Waals surface area contributed by atoms with Gasteiger partial charge < -0.3 is 17.7 Å². The van der Waals surface area contributed by atoms with Gasteiger partial charge in [0, 0.05) is 6.20 Å². The maximum Gasteiger partial charge on any atom is 1.00 e. The summed E-state index contributed by atoms with van der Waals surface area (Å²) in [5.41, 5.74) is -0.730. The van der Waals surface area contributed by atoms with E-state index in [0.29, 0.717) is 0 Å². The average molecular weight is 294 g/mol. The summed E-state index contributed by atoms with van der Waals surface area (Å²) in [5.74, 6) is -0.0586. The predicted molar refractivity (Wildman–Crippen MR) is 47.2 cm³/mol. The second-order valence-electron chi connectivity index (χ2n) is 2.30. The van der Waals surface area contributed by atoms with Gasteiger partial charge in [-0.2, -0.15) is 0 Å². The number of hydrogen-bond donors (Lipinski definition) is 0. The van der Waals surface area contributed by atoms with Gasteiger partial charge in [-0.05, 0) is 15.9 Å². The molecule has 0 fully saturated rings. The topological polar surface area (TPSA) is 22.1 Å². The van der Waals surface area contributed by atoms with Gasteiger partial charge in [-0.1, -0.05) is 11.5 Å². The van der Waals surface area contributed by atoms with E-state index in [1.807, 2.05) is 0 Å². The molecule has 0 spiro atoms. The zero-order valence-corrected chi connectivity index (χ0v) is 12.3. The van der Waals surface area contributed by atoms with Gasteiger partial charge in [0.2, 0.25) is 5.88 Å². The van der Waals surface area contributed by atoms with Crippen LogP contribution in [0.1, 0.15) is 0 Å². The molecule has 2 nitrogen and oxygen atoms in total. The fourth-order valence-electron chi connectivity index (χ4n) is 0.834. The molecule has 0 amide bonds. The van der Waals surface area contributed by atoms with Gasteiger partial charge in [0.15, 0.2) is 0 Å². The average Bonchev–Trinajstić information content (AvgIpc) is 2.02. The van der Waals surface area contributed by atoms with E-state index in [4.69, 9.17) is 0 Å². The Morgan fingerprint density at radius 3 is 2.43 bits per heavy atom. The number of ether oxygens (including phenoxy) is 1. The van der Waals surface area contributed by atoms with Crippen molar-refractivity contribution in [2.45, 2.75) is 0 Å². The molecule has 0 unspecified atom stereocenters. The van der Waals surface area contributed by atoms with Crippen LogP contribution in [0.3, 0.4) is 0 Å². The smallest absolute Gasteiger partial charge is 0.480 e. The number of aromatic nitrogens is 1. The van der Waals surface area contributed by atoms with Crippen LogP contribution in [0.2, 0.25) is 0 Å². The third-order valence-electron chi connectivity index (χ3n) is 1.43. The third kappa shape index (κ3) is 3.50. The molecule has 1 aromatic rings. The van der Waals surface area contributed by atoms with Crippen molar-refractivity contribution in [3.05, 3.63) is 16.7 Å². The fourth-order valence-corrected chi connectivity index (χ4v) is 1.49. The van der Waals surface area contributed by atoms with Crippen LogP contribution in [0.25, 0.3) is 0 Å². The van der Waals surface area contributed by atoms with E-state index in [1.54, 1.807) is 0 Å². The monoisotopic (exact) mass is 293 g/mol. The Morgan fingerprint density at radius 2 is 2.00 bits per heavy atom.